The molecule has 0 amide bonds. The molecule has 0 aromatic carbocycles. The molecule has 1 aliphatic carbocycles. The highest BCUT2D eigenvalue weighted by Gasteiger charge is 2.14. The van der Waals surface area contributed by atoms with Crippen LogP contribution in [0.4, 0.5) is 11.5 Å². The largest absolute Gasteiger partial charge is 0.397 e. The van der Waals surface area contributed by atoms with Crippen LogP contribution in [0.3, 0.4) is 0 Å². The maximum atomic E-state index is 5.73. The standard InChI is InChI=1S/C12H19N3O/c13-10-5-6-12(15-9-10)14-7-8-16-11-3-1-2-4-11/h5-6,9,11H,1-4,7-8,13H2,(H,14,15). The summed E-state index contributed by atoms with van der Waals surface area (Å²) >= 11 is 0. The fourth-order valence-corrected chi connectivity index (χ4v) is 1.97. The summed E-state index contributed by atoms with van der Waals surface area (Å²) in [6.07, 6.45) is 7.22. The van der Waals surface area contributed by atoms with E-state index in [4.69, 9.17) is 10.5 Å². The van der Waals surface area contributed by atoms with Crippen molar-refractivity contribution in [3.63, 3.8) is 0 Å². The summed E-state index contributed by atoms with van der Waals surface area (Å²) in [5, 5.41) is 3.20. The maximum Gasteiger partial charge on any atom is 0.126 e. The number of aromatic nitrogens is 1. The number of hydrogen-bond donors (Lipinski definition) is 2. The van der Waals surface area contributed by atoms with Crippen LogP contribution in [0, 0.1) is 0 Å². The zero-order valence-corrected chi connectivity index (χ0v) is 9.48. The van der Waals surface area contributed by atoms with E-state index in [9.17, 15) is 0 Å². The van der Waals surface area contributed by atoms with Crippen LogP contribution in [0.2, 0.25) is 0 Å². The van der Waals surface area contributed by atoms with Gasteiger partial charge >= 0.3 is 0 Å². The third kappa shape index (κ3) is 3.38. The van der Waals surface area contributed by atoms with Crippen molar-refractivity contribution in [2.75, 3.05) is 24.2 Å². The molecule has 2 rings (SSSR count). The van der Waals surface area contributed by atoms with E-state index in [0.717, 1.165) is 19.0 Å². The zero-order chi connectivity index (χ0) is 11.2. The Bertz CT molecular complexity index is 307. The third-order valence-corrected chi connectivity index (χ3v) is 2.85. The van der Waals surface area contributed by atoms with Gasteiger partial charge in [0.1, 0.15) is 5.82 Å². The lowest BCUT2D eigenvalue weighted by atomic mass is 10.3. The van der Waals surface area contributed by atoms with Crippen molar-refractivity contribution in [3.8, 4) is 0 Å². The zero-order valence-electron chi connectivity index (χ0n) is 9.48. The van der Waals surface area contributed by atoms with Gasteiger partial charge in [-0.15, -0.1) is 0 Å². The van der Waals surface area contributed by atoms with Gasteiger partial charge in [-0.2, -0.15) is 0 Å². The minimum absolute atomic E-state index is 0.487. The highest BCUT2D eigenvalue weighted by Crippen LogP contribution is 2.20. The van der Waals surface area contributed by atoms with Gasteiger partial charge in [0.25, 0.3) is 0 Å². The molecule has 0 unspecified atom stereocenters. The number of nitrogen functional groups attached to an aromatic ring is 1. The van der Waals surface area contributed by atoms with Crippen LogP contribution in [0.5, 0.6) is 0 Å². The minimum atomic E-state index is 0.487. The van der Waals surface area contributed by atoms with Crippen LogP contribution in [0.1, 0.15) is 25.7 Å². The molecular formula is C12H19N3O. The van der Waals surface area contributed by atoms with Gasteiger partial charge in [-0.05, 0) is 25.0 Å². The Hall–Kier alpha value is -1.29. The number of hydrogen-bond acceptors (Lipinski definition) is 4. The molecule has 16 heavy (non-hydrogen) atoms. The Kier molecular flexibility index (Phi) is 3.99. The SMILES string of the molecule is Nc1ccc(NCCOC2CCCC2)nc1. The van der Waals surface area contributed by atoms with Crippen molar-refractivity contribution in [2.24, 2.45) is 0 Å². The van der Waals surface area contributed by atoms with Crippen molar-refractivity contribution >= 4 is 11.5 Å². The lowest BCUT2D eigenvalue weighted by Crippen LogP contribution is -2.15. The van der Waals surface area contributed by atoms with Gasteiger partial charge in [-0.1, -0.05) is 12.8 Å². The van der Waals surface area contributed by atoms with Crippen molar-refractivity contribution in [1.82, 2.24) is 4.98 Å². The molecule has 1 fully saturated rings. The number of nitrogens with zero attached hydrogens (tertiary/aromatic N) is 1. The highest BCUT2D eigenvalue weighted by molar-refractivity contribution is 5.43. The van der Waals surface area contributed by atoms with Gasteiger partial charge in [0, 0.05) is 6.54 Å². The van der Waals surface area contributed by atoms with Crippen LogP contribution >= 0.6 is 0 Å². The first-order valence-corrected chi connectivity index (χ1v) is 5.91. The first-order valence-electron chi connectivity index (χ1n) is 5.91. The Morgan fingerprint density at radius 1 is 1.38 bits per heavy atom. The molecule has 1 aliphatic rings. The van der Waals surface area contributed by atoms with E-state index in [1.165, 1.54) is 25.7 Å². The van der Waals surface area contributed by atoms with Crippen LogP contribution in [-0.4, -0.2) is 24.2 Å². The number of nitrogens with one attached hydrogen (secondary N) is 1. The summed E-state index contributed by atoms with van der Waals surface area (Å²) in [6, 6.07) is 3.72. The van der Waals surface area contributed by atoms with Crippen molar-refractivity contribution in [3.05, 3.63) is 18.3 Å². The summed E-state index contributed by atoms with van der Waals surface area (Å²) in [7, 11) is 0. The molecule has 88 valence electrons. The maximum absolute atomic E-state index is 5.73. The van der Waals surface area contributed by atoms with E-state index < -0.39 is 0 Å². The molecule has 1 aromatic heterocycles. The van der Waals surface area contributed by atoms with Crippen molar-refractivity contribution in [2.45, 2.75) is 31.8 Å². The van der Waals surface area contributed by atoms with E-state index >= 15 is 0 Å². The molecular weight excluding hydrogens is 202 g/mol. The minimum Gasteiger partial charge on any atom is -0.397 e. The normalized spacial score (nSPS) is 16.5. The van der Waals surface area contributed by atoms with Crippen LogP contribution < -0.4 is 11.1 Å². The third-order valence-electron chi connectivity index (χ3n) is 2.85. The topological polar surface area (TPSA) is 60.2 Å². The fraction of sp³-hybridized carbons (Fsp3) is 0.583. The monoisotopic (exact) mass is 221 g/mol. The van der Waals surface area contributed by atoms with Gasteiger partial charge in [0.05, 0.1) is 24.6 Å². The molecule has 0 bridgehead atoms. The van der Waals surface area contributed by atoms with E-state index in [1.54, 1.807) is 6.20 Å². The molecule has 4 heteroatoms. The fourth-order valence-electron chi connectivity index (χ4n) is 1.97. The summed E-state index contributed by atoms with van der Waals surface area (Å²) in [4.78, 5) is 4.16. The number of pyridine rings is 1. The van der Waals surface area contributed by atoms with Crippen LogP contribution in [0.15, 0.2) is 18.3 Å². The van der Waals surface area contributed by atoms with Crippen molar-refractivity contribution < 1.29 is 4.74 Å². The number of rotatable bonds is 5. The van der Waals surface area contributed by atoms with Crippen molar-refractivity contribution in [1.29, 1.82) is 0 Å². The number of ether oxygens (including phenoxy) is 1. The molecule has 0 spiro atoms. The molecule has 1 aromatic rings. The number of anilines is 2. The Morgan fingerprint density at radius 3 is 2.88 bits per heavy atom. The van der Waals surface area contributed by atoms with Crippen LogP contribution in [0.25, 0.3) is 0 Å². The Labute approximate surface area is 96.2 Å². The lowest BCUT2D eigenvalue weighted by molar-refractivity contribution is 0.0659. The number of nitrogens with two attached hydrogens (primary N) is 1. The quantitative estimate of drug-likeness (QED) is 0.747. The first-order chi connectivity index (χ1) is 7.84. The van der Waals surface area contributed by atoms with Crippen LogP contribution in [-0.2, 0) is 4.74 Å². The predicted molar refractivity (Wildman–Crippen MR) is 65.3 cm³/mol. The molecule has 0 atom stereocenters. The average Bonchev–Trinajstić information content (AvgIpc) is 2.80. The second-order valence-electron chi connectivity index (χ2n) is 4.18. The van der Waals surface area contributed by atoms with E-state index in [2.05, 4.69) is 10.3 Å². The molecule has 0 aliphatic heterocycles. The van der Waals surface area contributed by atoms with Gasteiger partial charge in [-0.3, -0.25) is 0 Å². The van der Waals surface area contributed by atoms with Gasteiger partial charge in [0.15, 0.2) is 0 Å². The summed E-state index contributed by atoms with van der Waals surface area (Å²) in [5.74, 6) is 0.851. The molecule has 1 saturated carbocycles. The molecule has 0 radical (unpaired) electrons. The van der Waals surface area contributed by atoms with Gasteiger partial charge in [-0.25, -0.2) is 4.98 Å². The van der Waals surface area contributed by atoms with Gasteiger partial charge < -0.3 is 15.8 Å². The molecule has 4 nitrogen and oxygen atoms in total. The highest BCUT2D eigenvalue weighted by atomic mass is 16.5. The summed E-state index contributed by atoms with van der Waals surface area (Å²) < 4.78 is 5.73. The predicted octanol–water partition coefficient (Wildman–Crippen LogP) is 2.03. The van der Waals surface area contributed by atoms with Gasteiger partial charge in [0.2, 0.25) is 0 Å². The Balaban J connectivity index is 1.62. The Morgan fingerprint density at radius 2 is 2.19 bits per heavy atom. The first kappa shape index (κ1) is 11.2. The van der Waals surface area contributed by atoms with E-state index in [-0.39, 0.29) is 0 Å². The second kappa shape index (κ2) is 5.70. The smallest absolute Gasteiger partial charge is 0.126 e. The molecule has 1 heterocycles. The molecule has 0 saturated heterocycles. The molecule has 3 N–H and O–H groups in total. The van der Waals surface area contributed by atoms with E-state index in [1.807, 2.05) is 12.1 Å². The average molecular weight is 221 g/mol. The lowest BCUT2D eigenvalue weighted by Gasteiger charge is -2.11. The summed E-state index contributed by atoms with van der Waals surface area (Å²) in [5.41, 5.74) is 6.24. The summed E-state index contributed by atoms with van der Waals surface area (Å²) in [6.45, 7) is 1.55. The van der Waals surface area contributed by atoms with E-state index in [0.29, 0.717) is 11.8 Å². The second-order valence-corrected chi connectivity index (χ2v) is 4.18.